The van der Waals surface area contributed by atoms with Crippen LogP contribution in [0.1, 0.15) is 39.5 Å². The fourth-order valence-corrected chi connectivity index (χ4v) is 5.63. The van der Waals surface area contributed by atoms with Crippen LogP contribution in [0.2, 0.25) is 0 Å². The van der Waals surface area contributed by atoms with Crippen LogP contribution in [0.15, 0.2) is 29.2 Å². The molecule has 0 saturated carbocycles. The van der Waals surface area contributed by atoms with Crippen LogP contribution in [-0.4, -0.2) is 80.2 Å². The van der Waals surface area contributed by atoms with Gasteiger partial charge in [0.05, 0.1) is 17.4 Å². The predicted molar refractivity (Wildman–Crippen MR) is 117 cm³/mol. The molecule has 2 fully saturated rings. The van der Waals surface area contributed by atoms with Crippen molar-refractivity contribution >= 4 is 21.8 Å². The average molecular weight is 452 g/mol. The number of sulfonamides is 1. The number of ether oxygens (including phenoxy) is 1. The first-order chi connectivity index (χ1) is 14.9. The third-order valence-electron chi connectivity index (χ3n) is 5.91. The van der Waals surface area contributed by atoms with Gasteiger partial charge in [-0.05, 0) is 50.5 Å². The van der Waals surface area contributed by atoms with Gasteiger partial charge in [0.25, 0.3) is 0 Å². The van der Waals surface area contributed by atoms with Gasteiger partial charge in [-0.1, -0.05) is 6.92 Å². The molecular formula is C22H33N3O5S. The molecule has 1 atom stereocenters. The number of hydrogen-bond acceptors (Lipinski definition) is 5. The summed E-state index contributed by atoms with van der Waals surface area (Å²) in [6.07, 6.45) is 2.93. The molecule has 0 bridgehead atoms. The van der Waals surface area contributed by atoms with E-state index in [1.165, 1.54) is 4.31 Å². The van der Waals surface area contributed by atoms with Crippen molar-refractivity contribution in [3.63, 3.8) is 0 Å². The summed E-state index contributed by atoms with van der Waals surface area (Å²) in [6.45, 7) is 6.85. The molecular weight excluding hydrogens is 418 g/mol. The zero-order valence-corrected chi connectivity index (χ0v) is 19.3. The second kappa shape index (κ2) is 10.5. The number of piperazine rings is 1. The molecule has 31 heavy (non-hydrogen) atoms. The van der Waals surface area contributed by atoms with Crippen molar-refractivity contribution in [1.82, 2.24) is 14.1 Å². The average Bonchev–Trinajstić information content (AvgIpc) is 2.79. The van der Waals surface area contributed by atoms with Gasteiger partial charge in [-0.3, -0.25) is 9.59 Å². The molecule has 0 N–H and O–H groups in total. The summed E-state index contributed by atoms with van der Waals surface area (Å²) in [7, 11) is -3.61. The number of piperidine rings is 1. The molecule has 0 aliphatic carbocycles. The number of nitrogens with zero attached hydrogens (tertiary/aromatic N) is 3. The Bertz CT molecular complexity index is 864. The fraction of sp³-hybridized carbons (Fsp3) is 0.636. The van der Waals surface area contributed by atoms with E-state index in [2.05, 4.69) is 0 Å². The van der Waals surface area contributed by atoms with Crippen LogP contribution in [0.4, 0.5) is 0 Å². The highest BCUT2D eigenvalue weighted by molar-refractivity contribution is 7.89. The highest BCUT2D eigenvalue weighted by Gasteiger charge is 2.35. The number of carbonyl (C=O) groups excluding carboxylic acids is 2. The zero-order chi connectivity index (χ0) is 22.4. The minimum Gasteiger partial charge on any atom is -0.494 e. The molecule has 1 aromatic carbocycles. The fourth-order valence-electron chi connectivity index (χ4n) is 4.21. The van der Waals surface area contributed by atoms with Gasteiger partial charge in [0.2, 0.25) is 21.8 Å². The van der Waals surface area contributed by atoms with Crippen LogP contribution in [0.5, 0.6) is 5.75 Å². The van der Waals surface area contributed by atoms with Crippen molar-refractivity contribution in [2.24, 2.45) is 5.92 Å². The molecule has 8 nitrogen and oxygen atoms in total. The first kappa shape index (κ1) is 23.5. The van der Waals surface area contributed by atoms with Gasteiger partial charge in [0, 0.05) is 45.7 Å². The summed E-state index contributed by atoms with van der Waals surface area (Å²) in [6, 6.07) is 6.43. The van der Waals surface area contributed by atoms with Crippen molar-refractivity contribution in [2.75, 3.05) is 45.9 Å². The lowest BCUT2D eigenvalue weighted by molar-refractivity contribution is -0.141. The summed E-state index contributed by atoms with van der Waals surface area (Å²) in [5.41, 5.74) is 0. The van der Waals surface area contributed by atoms with Gasteiger partial charge in [0.15, 0.2) is 0 Å². The lowest BCUT2D eigenvalue weighted by Crippen LogP contribution is -2.54. The van der Waals surface area contributed by atoms with Crippen LogP contribution in [-0.2, 0) is 19.6 Å². The summed E-state index contributed by atoms with van der Waals surface area (Å²) < 4.78 is 32.7. The Kier molecular flexibility index (Phi) is 7.94. The van der Waals surface area contributed by atoms with E-state index in [4.69, 9.17) is 4.74 Å². The van der Waals surface area contributed by atoms with Crippen molar-refractivity contribution in [2.45, 2.75) is 44.4 Å². The van der Waals surface area contributed by atoms with Crippen LogP contribution in [0.25, 0.3) is 0 Å². The largest absolute Gasteiger partial charge is 0.494 e. The lowest BCUT2D eigenvalue weighted by atomic mass is 9.96. The van der Waals surface area contributed by atoms with Crippen molar-refractivity contribution in [1.29, 1.82) is 0 Å². The van der Waals surface area contributed by atoms with Gasteiger partial charge in [-0.2, -0.15) is 4.31 Å². The Morgan fingerprint density at radius 3 is 2.29 bits per heavy atom. The van der Waals surface area contributed by atoms with E-state index in [1.54, 1.807) is 29.2 Å². The molecule has 9 heteroatoms. The molecule has 0 spiro atoms. The lowest BCUT2D eigenvalue weighted by Gasteiger charge is -2.38. The highest BCUT2D eigenvalue weighted by Crippen LogP contribution is 2.23. The van der Waals surface area contributed by atoms with Crippen LogP contribution in [0.3, 0.4) is 0 Å². The molecule has 2 heterocycles. The summed E-state index contributed by atoms with van der Waals surface area (Å²) in [4.78, 5) is 29.0. The molecule has 1 unspecified atom stereocenters. The first-order valence-electron chi connectivity index (χ1n) is 11.2. The monoisotopic (exact) mass is 451 g/mol. The number of benzene rings is 1. The van der Waals surface area contributed by atoms with E-state index in [9.17, 15) is 18.0 Å². The van der Waals surface area contributed by atoms with Crippen LogP contribution < -0.4 is 4.74 Å². The third kappa shape index (κ3) is 5.57. The number of rotatable bonds is 7. The van der Waals surface area contributed by atoms with Crippen molar-refractivity contribution < 1.29 is 22.7 Å². The van der Waals surface area contributed by atoms with E-state index in [0.29, 0.717) is 38.4 Å². The number of hydrogen-bond donors (Lipinski definition) is 0. The first-order valence-corrected chi connectivity index (χ1v) is 12.6. The maximum atomic E-state index is 13.0. The topological polar surface area (TPSA) is 87.2 Å². The smallest absolute Gasteiger partial charge is 0.243 e. The molecule has 2 amide bonds. The molecule has 0 aromatic heterocycles. The maximum Gasteiger partial charge on any atom is 0.243 e. The molecule has 0 radical (unpaired) electrons. The second-order valence-corrected chi connectivity index (χ2v) is 10.0. The van der Waals surface area contributed by atoms with Crippen LogP contribution >= 0.6 is 0 Å². The number of amides is 2. The Morgan fingerprint density at radius 1 is 1.00 bits per heavy atom. The Balaban J connectivity index is 1.57. The molecule has 2 aliphatic heterocycles. The van der Waals surface area contributed by atoms with Crippen LogP contribution in [0, 0.1) is 5.92 Å². The Morgan fingerprint density at radius 2 is 1.68 bits per heavy atom. The second-order valence-electron chi connectivity index (χ2n) is 8.06. The van der Waals surface area contributed by atoms with E-state index in [0.717, 1.165) is 25.8 Å². The zero-order valence-electron chi connectivity index (χ0n) is 18.5. The maximum absolute atomic E-state index is 13.0. The van der Waals surface area contributed by atoms with Gasteiger partial charge >= 0.3 is 0 Å². The Labute approximate surface area is 185 Å². The van der Waals surface area contributed by atoms with Gasteiger partial charge in [-0.25, -0.2) is 8.42 Å². The minimum absolute atomic E-state index is 0.0344. The van der Waals surface area contributed by atoms with Gasteiger partial charge in [-0.15, -0.1) is 0 Å². The summed E-state index contributed by atoms with van der Waals surface area (Å²) >= 11 is 0. The molecule has 172 valence electrons. The summed E-state index contributed by atoms with van der Waals surface area (Å²) in [5, 5.41) is 0. The molecule has 3 rings (SSSR count). The Hall–Kier alpha value is -2.13. The van der Waals surface area contributed by atoms with Crippen molar-refractivity contribution in [3.8, 4) is 5.75 Å². The molecule has 2 aliphatic rings. The number of carbonyl (C=O) groups is 2. The molecule has 2 saturated heterocycles. The van der Waals surface area contributed by atoms with E-state index in [-0.39, 0.29) is 35.7 Å². The van der Waals surface area contributed by atoms with E-state index >= 15 is 0 Å². The van der Waals surface area contributed by atoms with Gasteiger partial charge in [0.1, 0.15) is 5.75 Å². The quantitative estimate of drug-likeness (QED) is 0.632. The van der Waals surface area contributed by atoms with E-state index < -0.39 is 10.0 Å². The predicted octanol–water partition coefficient (Wildman–Crippen LogP) is 1.96. The van der Waals surface area contributed by atoms with Crippen molar-refractivity contribution in [3.05, 3.63) is 24.3 Å². The normalized spacial score (nSPS) is 20.5. The standard InChI is InChI=1S/C22H33N3O5S/c1-3-6-21(26)24-12-5-7-18(17-24)22(27)23-13-15-25(16-14-23)31(28,29)20-10-8-19(9-11-20)30-4-2/h8-11,18H,3-7,12-17H2,1-2H3. The SMILES string of the molecule is CCCC(=O)N1CCCC(C(=O)N2CCN(S(=O)(=O)c3ccc(OCC)cc3)CC2)C1. The highest BCUT2D eigenvalue weighted by atomic mass is 32.2. The van der Waals surface area contributed by atoms with Gasteiger partial charge < -0.3 is 14.5 Å². The summed E-state index contributed by atoms with van der Waals surface area (Å²) in [5.74, 6) is 0.595. The minimum atomic E-state index is -3.61. The van der Waals surface area contributed by atoms with E-state index in [1.807, 2.05) is 18.7 Å². The molecule has 1 aromatic rings. The third-order valence-corrected chi connectivity index (χ3v) is 7.82. The number of likely N-dealkylation sites (tertiary alicyclic amines) is 1.